The van der Waals surface area contributed by atoms with Crippen molar-refractivity contribution in [1.82, 2.24) is 0 Å². The van der Waals surface area contributed by atoms with E-state index in [1.807, 2.05) is 30.3 Å². The number of aliphatic hydroxyl groups is 2. The maximum Gasteiger partial charge on any atom is 0.0915 e. The average Bonchev–Trinajstić information content (AvgIpc) is 2.45. The van der Waals surface area contributed by atoms with E-state index in [2.05, 4.69) is 10.2 Å². The Kier molecular flexibility index (Phi) is 4.17. The summed E-state index contributed by atoms with van der Waals surface area (Å²) >= 11 is 0. The van der Waals surface area contributed by atoms with E-state index in [1.54, 1.807) is 18.2 Å². The van der Waals surface area contributed by atoms with Crippen molar-refractivity contribution in [3.05, 3.63) is 59.7 Å². The van der Waals surface area contributed by atoms with E-state index in [0.717, 1.165) is 5.69 Å². The number of aliphatic hydroxyl groups excluding tert-OH is 2. The predicted octanol–water partition coefficient (Wildman–Crippen LogP) is 3.09. The van der Waals surface area contributed by atoms with Crippen molar-refractivity contribution < 1.29 is 10.2 Å². The molecule has 0 bridgehead atoms. The molecule has 0 atom stereocenters. The van der Waals surface area contributed by atoms with Gasteiger partial charge < -0.3 is 10.2 Å². The highest BCUT2D eigenvalue weighted by Gasteiger charge is 2.05. The summed E-state index contributed by atoms with van der Waals surface area (Å²) in [5.74, 6) is 0. The zero-order valence-corrected chi connectivity index (χ0v) is 9.82. The molecule has 0 unspecified atom stereocenters. The van der Waals surface area contributed by atoms with Crippen molar-refractivity contribution in [3.63, 3.8) is 0 Å². The first-order valence-corrected chi connectivity index (χ1v) is 5.64. The first kappa shape index (κ1) is 12.4. The van der Waals surface area contributed by atoms with Crippen LogP contribution in [0.1, 0.15) is 11.1 Å². The van der Waals surface area contributed by atoms with Gasteiger partial charge in [-0.15, -0.1) is 0 Å². The van der Waals surface area contributed by atoms with Crippen LogP contribution >= 0.6 is 0 Å². The summed E-state index contributed by atoms with van der Waals surface area (Å²) in [7, 11) is 0. The minimum atomic E-state index is -0.167. The number of hydrogen-bond acceptors (Lipinski definition) is 4. The van der Waals surface area contributed by atoms with Gasteiger partial charge in [0, 0.05) is 5.56 Å². The molecular weight excluding hydrogens is 228 g/mol. The second kappa shape index (κ2) is 6.05. The molecule has 4 heteroatoms. The fraction of sp³-hybridized carbons (Fsp3) is 0.143. The topological polar surface area (TPSA) is 65.2 Å². The van der Waals surface area contributed by atoms with Gasteiger partial charge in [0.2, 0.25) is 0 Å². The molecule has 0 aliphatic carbocycles. The van der Waals surface area contributed by atoms with Crippen LogP contribution in [0.15, 0.2) is 58.8 Å². The van der Waals surface area contributed by atoms with Gasteiger partial charge in [0.15, 0.2) is 0 Å². The number of azo groups is 1. The predicted molar refractivity (Wildman–Crippen MR) is 68.9 cm³/mol. The van der Waals surface area contributed by atoms with Gasteiger partial charge in [-0.3, -0.25) is 0 Å². The molecule has 0 fully saturated rings. The van der Waals surface area contributed by atoms with Crippen LogP contribution < -0.4 is 0 Å². The van der Waals surface area contributed by atoms with Crippen LogP contribution in [-0.2, 0) is 13.2 Å². The van der Waals surface area contributed by atoms with E-state index < -0.39 is 0 Å². The first-order valence-electron chi connectivity index (χ1n) is 5.64. The van der Waals surface area contributed by atoms with E-state index in [-0.39, 0.29) is 13.2 Å². The maximum atomic E-state index is 9.31. The Balaban J connectivity index is 2.32. The molecule has 0 radical (unpaired) electrons. The van der Waals surface area contributed by atoms with Crippen LogP contribution in [0.3, 0.4) is 0 Å². The van der Waals surface area contributed by atoms with Crippen LogP contribution in [-0.4, -0.2) is 10.2 Å². The number of benzene rings is 2. The summed E-state index contributed by atoms with van der Waals surface area (Å²) in [4.78, 5) is 0. The highest BCUT2D eigenvalue weighted by molar-refractivity contribution is 5.50. The smallest absolute Gasteiger partial charge is 0.0915 e. The minimum Gasteiger partial charge on any atom is -0.392 e. The Labute approximate surface area is 105 Å². The van der Waals surface area contributed by atoms with Crippen molar-refractivity contribution >= 4 is 11.4 Å². The third-order valence-corrected chi connectivity index (χ3v) is 2.61. The molecule has 2 aromatic rings. The van der Waals surface area contributed by atoms with Gasteiger partial charge in [0.1, 0.15) is 0 Å². The fourth-order valence-electron chi connectivity index (χ4n) is 1.65. The Bertz CT molecular complexity index is 539. The van der Waals surface area contributed by atoms with Crippen LogP contribution in [0.4, 0.5) is 11.4 Å². The van der Waals surface area contributed by atoms with Crippen molar-refractivity contribution in [2.45, 2.75) is 13.2 Å². The van der Waals surface area contributed by atoms with Gasteiger partial charge in [-0.25, -0.2) is 0 Å². The molecule has 2 rings (SSSR count). The molecule has 0 saturated carbocycles. The highest BCUT2D eigenvalue weighted by Crippen LogP contribution is 2.25. The Morgan fingerprint density at radius 1 is 0.778 bits per heavy atom. The lowest BCUT2D eigenvalue weighted by atomic mass is 10.1. The molecule has 0 aliphatic heterocycles. The molecule has 0 aromatic heterocycles. The first-order chi connectivity index (χ1) is 8.85. The molecule has 4 nitrogen and oxygen atoms in total. The molecular formula is C14H14N2O2. The molecule has 0 saturated heterocycles. The Morgan fingerprint density at radius 2 is 1.56 bits per heavy atom. The van der Waals surface area contributed by atoms with Crippen LogP contribution in [0.2, 0.25) is 0 Å². The number of rotatable bonds is 4. The number of hydrogen-bond donors (Lipinski definition) is 2. The van der Waals surface area contributed by atoms with Crippen LogP contribution in [0.5, 0.6) is 0 Å². The lowest BCUT2D eigenvalue weighted by Crippen LogP contribution is -1.93. The van der Waals surface area contributed by atoms with E-state index in [9.17, 15) is 10.2 Å². The zero-order valence-electron chi connectivity index (χ0n) is 9.82. The fourth-order valence-corrected chi connectivity index (χ4v) is 1.65. The molecule has 2 aromatic carbocycles. The van der Waals surface area contributed by atoms with Gasteiger partial charge in [0.05, 0.1) is 24.6 Å². The quantitative estimate of drug-likeness (QED) is 0.809. The summed E-state index contributed by atoms with van der Waals surface area (Å²) < 4.78 is 0. The third-order valence-electron chi connectivity index (χ3n) is 2.61. The van der Waals surface area contributed by atoms with Gasteiger partial charge in [0.25, 0.3) is 0 Å². The SMILES string of the molecule is OCc1cccc(N=Nc2ccccc2)c1CO. The van der Waals surface area contributed by atoms with E-state index in [4.69, 9.17) is 0 Å². The van der Waals surface area contributed by atoms with E-state index in [0.29, 0.717) is 16.8 Å². The molecule has 0 amide bonds. The van der Waals surface area contributed by atoms with Crippen molar-refractivity contribution in [2.24, 2.45) is 10.2 Å². The van der Waals surface area contributed by atoms with Crippen molar-refractivity contribution in [3.8, 4) is 0 Å². The summed E-state index contributed by atoms with van der Waals surface area (Å²) in [6, 6.07) is 14.7. The monoisotopic (exact) mass is 242 g/mol. The second-order valence-corrected chi connectivity index (χ2v) is 3.77. The zero-order chi connectivity index (χ0) is 12.8. The maximum absolute atomic E-state index is 9.31. The largest absolute Gasteiger partial charge is 0.392 e. The Morgan fingerprint density at radius 3 is 2.22 bits per heavy atom. The lowest BCUT2D eigenvalue weighted by molar-refractivity contribution is 0.260. The molecule has 0 spiro atoms. The second-order valence-electron chi connectivity index (χ2n) is 3.77. The van der Waals surface area contributed by atoms with Gasteiger partial charge in [-0.05, 0) is 23.8 Å². The van der Waals surface area contributed by atoms with Gasteiger partial charge in [-0.1, -0.05) is 30.3 Å². The summed E-state index contributed by atoms with van der Waals surface area (Å²) in [5.41, 5.74) is 2.60. The summed E-state index contributed by atoms with van der Waals surface area (Å²) in [6.45, 7) is -0.287. The summed E-state index contributed by atoms with van der Waals surface area (Å²) in [5, 5.41) is 26.7. The highest BCUT2D eigenvalue weighted by atomic mass is 16.3. The van der Waals surface area contributed by atoms with E-state index in [1.165, 1.54) is 0 Å². The number of nitrogens with zero attached hydrogens (tertiary/aromatic N) is 2. The normalized spacial score (nSPS) is 11.0. The van der Waals surface area contributed by atoms with Gasteiger partial charge >= 0.3 is 0 Å². The van der Waals surface area contributed by atoms with Crippen LogP contribution in [0, 0.1) is 0 Å². The average molecular weight is 242 g/mol. The summed E-state index contributed by atoms with van der Waals surface area (Å²) in [6.07, 6.45) is 0. The van der Waals surface area contributed by atoms with Crippen molar-refractivity contribution in [2.75, 3.05) is 0 Å². The van der Waals surface area contributed by atoms with Crippen molar-refractivity contribution in [1.29, 1.82) is 0 Å². The minimum absolute atomic E-state index is 0.120. The molecule has 18 heavy (non-hydrogen) atoms. The lowest BCUT2D eigenvalue weighted by Gasteiger charge is -2.06. The third kappa shape index (κ3) is 2.80. The molecule has 0 aliphatic rings. The Hall–Kier alpha value is -2.04. The molecule has 0 heterocycles. The molecule has 2 N–H and O–H groups in total. The standard InChI is InChI=1S/C14H14N2O2/c17-9-11-5-4-8-14(13(11)10-18)16-15-12-6-2-1-3-7-12/h1-8,17-18H,9-10H2. The van der Waals surface area contributed by atoms with E-state index >= 15 is 0 Å². The molecule has 92 valence electrons. The van der Waals surface area contributed by atoms with Gasteiger partial charge in [-0.2, -0.15) is 10.2 Å². The van der Waals surface area contributed by atoms with Crippen LogP contribution in [0.25, 0.3) is 0 Å².